The maximum Gasteiger partial charge on any atom is 0.416 e. The van der Waals surface area contributed by atoms with Crippen LogP contribution in [0.25, 0.3) is 0 Å². The van der Waals surface area contributed by atoms with Crippen molar-refractivity contribution in [2.75, 3.05) is 26.2 Å². The molecule has 1 aliphatic heterocycles. The highest BCUT2D eigenvalue weighted by molar-refractivity contribution is 7.80. The summed E-state index contributed by atoms with van der Waals surface area (Å²) in [7, 11) is 0. The highest BCUT2D eigenvalue weighted by atomic mass is 32.1. The third-order valence-corrected chi connectivity index (χ3v) is 5.01. The van der Waals surface area contributed by atoms with Crippen molar-refractivity contribution in [3.63, 3.8) is 0 Å². The van der Waals surface area contributed by atoms with Gasteiger partial charge in [0.05, 0.1) is 5.56 Å². The van der Waals surface area contributed by atoms with Crippen LogP contribution in [0.5, 0.6) is 0 Å². The zero-order valence-electron chi connectivity index (χ0n) is 14.9. The first-order valence-corrected chi connectivity index (χ1v) is 9.28. The minimum absolute atomic E-state index is 0.516. The summed E-state index contributed by atoms with van der Waals surface area (Å²) in [6.45, 7) is 4.26. The number of rotatable bonds is 4. The predicted octanol–water partition coefficient (Wildman–Crippen LogP) is 3.90. The summed E-state index contributed by atoms with van der Waals surface area (Å²) >= 11 is 5.47. The van der Waals surface area contributed by atoms with Crippen LogP contribution in [0.15, 0.2) is 54.6 Å². The van der Waals surface area contributed by atoms with Gasteiger partial charge in [-0.05, 0) is 29.4 Å². The molecule has 1 N–H and O–H groups in total. The first-order chi connectivity index (χ1) is 12.9. The fourth-order valence-electron chi connectivity index (χ4n) is 3.10. The van der Waals surface area contributed by atoms with Gasteiger partial charge in [-0.15, -0.1) is 0 Å². The maximum atomic E-state index is 12.8. The van der Waals surface area contributed by atoms with Gasteiger partial charge in [0.15, 0.2) is 5.11 Å². The van der Waals surface area contributed by atoms with Crippen LogP contribution in [0.3, 0.4) is 0 Å². The Morgan fingerprint density at radius 1 is 0.926 bits per heavy atom. The van der Waals surface area contributed by atoms with Gasteiger partial charge in [-0.1, -0.05) is 48.5 Å². The molecule has 3 rings (SSSR count). The van der Waals surface area contributed by atoms with Crippen LogP contribution in [0, 0.1) is 0 Å². The molecule has 0 aliphatic carbocycles. The van der Waals surface area contributed by atoms with E-state index >= 15 is 0 Å². The lowest BCUT2D eigenvalue weighted by atomic mass is 10.1. The number of benzene rings is 2. The maximum absolute atomic E-state index is 12.8. The van der Waals surface area contributed by atoms with Gasteiger partial charge in [0.2, 0.25) is 0 Å². The SMILES string of the molecule is FC(F)(F)c1cccc(CN2CCN(C(=S)NCc3ccccc3)CC2)c1. The van der Waals surface area contributed by atoms with Crippen molar-refractivity contribution in [1.82, 2.24) is 15.1 Å². The minimum atomic E-state index is -4.30. The second-order valence-corrected chi connectivity index (χ2v) is 6.99. The molecule has 0 unspecified atom stereocenters. The molecule has 2 aromatic rings. The van der Waals surface area contributed by atoms with Crippen molar-refractivity contribution < 1.29 is 13.2 Å². The Hall–Kier alpha value is -2.12. The molecule has 7 heteroatoms. The summed E-state index contributed by atoms with van der Waals surface area (Å²) in [5, 5.41) is 3.99. The monoisotopic (exact) mass is 393 g/mol. The molecule has 0 aromatic heterocycles. The van der Waals surface area contributed by atoms with E-state index in [1.165, 1.54) is 17.7 Å². The number of halogens is 3. The molecule has 0 atom stereocenters. The summed E-state index contributed by atoms with van der Waals surface area (Å²) in [6, 6.07) is 15.6. The Balaban J connectivity index is 1.47. The Kier molecular flexibility index (Phi) is 6.34. The molecule has 0 spiro atoms. The standard InChI is InChI=1S/C20H22F3N3S/c21-20(22,23)18-8-4-7-17(13-18)15-25-9-11-26(12-10-25)19(27)24-14-16-5-2-1-3-6-16/h1-8,13H,9-12,14-15H2,(H,24,27). The van der Waals surface area contributed by atoms with E-state index in [1.54, 1.807) is 6.07 Å². The molecule has 0 bridgehead atoms. The van der Waals surface area contributed by atoms with E-state index in [0.29, 0.717) is 18.7 Å². The fraction of sp³-hybridized carbons (Fsp3) is 0.350. The number of nitrogens with one attached hydrogen (secondary N) is 1. The van der Waals surface area contributed by atoms with Crippen LogP contribution in [0.1, 0.15) is 16.7 Å². The predicted molar refractivity (Wildman–Crippen MR) is 104 cm³/mol. The zero-order valence-corrected chi connectivity index (χ0v) is 15.7. The van der Waals surface area contributed by atoms with E-state index in [9.17, 15) is 13.2 Å². The van der Waals surface area contributed by atoms with Crippen molar-refractivity contribution in [1.29, 1.82) is 0 Å². The molecule has 1 aliphatic rings. The molecule has 144 valence electrons. The quantitative estimate of drug-likeness (QED) is 0.794. The van der Waals surface area contributed by atoms with Crippen LogP contribution in [-0.2, 0) is 19.3 Å². The van der Waals surface area contributed by atoms with Crippen molar-refractivity contribution in [3.8, 4) is 0 Å². The van der Waals surface area contributed by atoms with Crippen LogP contribution in [-0.4, -0.2) is 41.1 Å². The Morgan fingerprint density at radius 2 is 1.59 bits per heavy atom. The zero-order chi connectivity index (χ0) is 19.3. The molecule has 1 heterocycles. The van der Waals surface area contributed by atoms with Crippen LogP contribution in [0.2, 0.25) is 0 Å². The van der Waals surface area contributed by atoms with Gasteiger partial charge in [-0.3, -0.25) is 4.90 Å². The Bertz CT molecular complexity index is 757. The van der Waals surface area contributed by atoms with Gasteiger partial charge < -0.3 is 10.2 Å². The van der Waals surface area contributed by atoms with Crippen LogP contribution in [0.4, 0.5) is 13.2 Å². The molecular weight excluding hydrogens is 371 g/mol. The topological polar surface area (TPSA) is 18.5 Å². The van der Waals surface area contributed by atoms with Gasteiger partial charge in [-0.25, -0.2) is 0 Å². The molecule has 3 nitrogen and oxygen atoms in total. The third kappa shape index (κ3) is 5.68. The molecule has 0 radical (unpaired) electrons. The van der Waals surface area contributed by atoms with E-state index in [2.05, 4.69) is 15.1 Å². The van der Waals surface area contributed by atoms with E-state index in [0.717, 1.165) is 37.4 Å². The average Bonchev–Trinajstić information content (AvgIpc) is 2.67. The van der Waals surface area contributed by atoms with Crippen molar-refractivity contribution >= 4 is 17.3 Å². The lowest BCUT2D eigenvalue weighted by Gasteiger charge is -2.36. The number of thiocarbonyl (C=S) groups is 1. The highest BCUT2D eigenvalue weighted by Crippen LogP contribution is 2.29. The van der Waals surface area contributed by atoms with Gasteiger partial charge in [-0.2, -0.15) is 13.2 Å². The Morgan fingerprint density at radius 3 is 2.26 bits per heavy atom. The van der Waals surface area contributed by atoms with Crippen LogP contribution >= 0.6 is 12.2 Å². The largest absolute Gasteiger partial charge is 0.416 e. The minimum Gasteiger partial charge on any atom is -0.358 e. The van der Waals surface area contributed by atoms with Crippen molar-refractivity contribution in [2.45, 2.75) is 19.3 Å². The lowest BCUT2D eigenvalue weighted by molar-refractivity contribution is -0.137. The summed E-state index contributed by atoms with van der Waals surface area (Å²) < 4.78 is 38.5. The molecule has 0 amide bonds. The summed E-state index contributed by atoms with van der Waals surface area (Å²) in [4.78, 5) is 4.27. The third-order valence-electron chi connectivity index (χ3n) is 4.61. The number of hydrogen-bond acceptors (Lipinski definition) is 2. The van der Waals surface area contributed by atoms with Crippen molar-refractivity contribution in [3.05, 3.63) is 71.3 Å². The molecule has 0 saturated carbocycles. The average molecular weight is 393 g/mol. The second kappa shape index (κ2) is 8.71. The first kappa shape index (κ1) is 19.6. The van der Waals surface area contributed by atoms with E-state index in [-0.39, 0.29) is 0 Å². The van der Waals surface area contributed by atoms with Gasteiger partial charge in [0.25, 0.3) is 0 Å². The normalized spacial score (nSPS) is 15.6. The molecular formula is C20H22F3N3S. The number of alkyl halides is 3. The Labute approximate surface area is 162 Å². The summed E-state index contributed by atoms with van der Waals surface area (Å²) in [5.74, 6) is 0. The van der Waals surface area contributed by atoms with E-state index in [1.807, 2.05) is 30.3 Å². The molecule has 1 saturated heterocycles. The van der Waals surface area contributed by atoms with Gasteiger partial charge >= 0.3 is 6.18 Å². The van der Waals surface area contributed by atoms with Crippen molar-refractivity contribution in [2.24, 2.45) is 0 Å². The smallest absolute Gasteiger partial charge is 0.358 e. The number of nitrogens with zero attached hydrogens (tertiary/aromatic N) is 2. The molecule has 2 aromatic carbocycles. The summed E-state index contributed by atoms with van der Waals surface area (Å²) in [5.41, 5.74) is 1.26. The number of hydrogen-bond donors (Lipinski definition) is 1. The lowest BCUT2D eigenvalue weighted by Crippen LogP contribution is -2.51. The van der Waals surface area contributed by atoms with Gasteiger partial charge in [0, 0.05) is 39.3 Å². The first-order valence-electron chi connectivity index (χ1n) is 8.87. The fourth-order valence-corrected chi connectivity index (χ4v) is 3.35. The molecule has 1 fully saturated rings. The van der Waals surface area contributed by atoms with Crippen LogP contribution < -0.4 is 5.32 Å². The summed E-state index contributed by atoms with van der Waals surface area (Å²) in [6.07, 6.45) is -4.30. The van der Waals surface area contributed by atoms with Gasteiger partial charge in [0.1, 0.15) is 0 Å². The number of piperazine rings is 1. The second-order valence-electron chi connectivity index (χ2n) is 6.61. The highest BCUT2D eigenvalue weighted by Gasteiger charge is 2.30. The van der Waals surface area contributed by atoms with E-state index < -0.39 is 11.7 Å². The molecule has 27 heavy (non-hydrogen) atoms. The van der Waals surface area contributed by atoms with E-state index in [4.69, 9.17) is 12.2 Å².